The topological polar surface area (TPSA) is 235 Å². The quantitative estimate of drug-likeness (QED) is 0.0511. The molecule has 94 heavy (non-hydrogen) atoms. The van der Waals surface area contributed by atoms with E-state index in [1.54, 1.807) is 83.8 Å². The lowest BCUT2D eigenvalue weighted by Crippen LogP contribution is -2.44. The fourth-order valence-corrected chi connectivity index (χ4v) is 10.8. The van der Waals surface area contributed by atoms with Gasteiger partial charge in [-0.05, 0) is 133 Å². The Morgan fingerprint density at radius 1 is 0.649 bits per heavy atom. The van der Waals surface area contributed by atoms with E-state index in [4.69, 9.17) is 30.2 Å². The number of carboxylic acid groups (broad SMARTS) is 1. The number of hydrogen-bond donors (Lipinski definition) is 2. The van der Waals surface area contributed by atoms with Crippen LogP contribution in [-0.4, -0.2) is 147 Å². The van der Waals surface area contributed by atoms with Gasteiger partial charge in [0.05, 0.1) is 61.1 Å². The van der Waals surface area contributed by atoms with Gasteiger partial charge in [0.25, 0.3) is 0 Å². The van der Waals surface area contributed by atoms with E-state index < -0.39 is 48.3 Å². The zero-order valence-corrected chi connectivity index (χ0v) is 57.0. The maximum Gasteiger partial charge on any atom is 0.410 e. The SMILES string of the molecule is CCOC(=O)C1=NCC2=C1CN(C(=O)OC(C)(C)C)CC2C.CCOC(=O)c1nn(Cc2ccc(F)cc2)c2c1CN(C(=O)OC(C)(C)C)CC2C.CCOC(=O)c1nn(Cc2ccc(F)cc2)c2c1CNCC2C.Fc1ccc(CBr)cc1.O=C(O)C1=CC=CC1.[2H]CF. The van der Waals surface area contributed by atoms with Crippen molar-refractivity contribution in [1.82, 2.24) is 34.7 Å². The number of amides is 2. The summed E-state index contributed by atoms with van der Waals surface area (Å²) >= 11 is 3.26. The van der Waals surface area contributed by atoms with Gasteiger partial charge in [-0.3, -0.25) is 18.7 Å². The molecule has 2 amide bonds. The molecule has 5 aromatic rings. The first-order chi connectivity index (χ1) is 45.0. The highest BCUT2D eigenvalue weighted by molar-refractivity contribution is 9.08. The molecule has 2 N–H and O–H groups in total. The maximum absolute atomic E-state index is 13.3. The van der Waals surface area contributed by atoms with Crippen molar-refractivity contribution in [1.29, 1.82) is 0 Å². The zero-order valence-electron chi connectivity index (χ0n) is 56.5. The van der Waals surface area contributed by atoms with Gasteiger partial charge in [0.15, 0.2) is 11.4 Å². The highest BCUT2D eigenvalue weighted by Crippen LogP contribution is 2.34. The second-order valence-corrected chi connectivity index (χ2v) is 24.8. The average Bonchev–Trinajstić information content (AvgIpc) is 1.65. The number of alkyl halides is 2. The summed E-state index contributed by atoms with van der Waals surface area (Å²) in [5.74, 6) is -2.56. The summed E-state index contributed by atoms with van der Waals surface area (Å²) in [6.45, 7) is 27.7. The Labute approximate surface area is 556 Å². The number of allylic oxidation sites excluding steroid dienone is 3. The molecule has 510 valence electrons. The number of aliphatic imine (C=N–C) groups is 1. The molecule has 2 aromatic heterocycles. The Hall–Kier alpha value is -8.45. The normalized spacial score (nSPS) is 16.8. The molecule has 1 aliphatic carbocycles. The van der Waals surface area contributed by atoms with Crippen LogP contribution in [0, 0.1) is 23.4 Å². The molecule has 5 aliphatic rings. The number of rotatable bonds is 12. The van der Waals surface area contributed by atoms with Crippen LogP contribution in [0.1, 0.15) is 163 Å². The van der Waals surface area contributed by atoms with E-state index in [1.807, 2.05) is 66.1 Å². The number of fused-ring (bicyclic) bond motifs is 2. The van der Waals surface area contributed by atoms with Gasteiger partial charge >= 0.3 is 36.1 Å². The highest BCUT2D eigenvalue weighted by atomic mass is 79.9. The van der Waals surface area contributed by atoms with Crippen LogP contribution in [0.5, 0.6) is 0 Å². The summed E-state index contributed by atoms with van der Waals surface area (Å²) in [7, 11) is -1.00. The molecule has 4 aliphatic heterocycles. The minimum absolute atomic E-state index is 0.0719. The van der Waals surface area contributed by atoms with E-state index in [-0.39, 0.29) is 60.1 Å². The Morgan fingerprint density at radius 3 is 1.51 bits per heavy atom. The fourth-order valence-electron chi connectivity index (χ4n) is 10.5. The molecule has 0 fully saturated rings. The van der Waals surface area contributed by atoms with Gasteiger partial charge in [0, 0.05) is 77.0 Å². The minimum atomic E-state index is -1.00. The number of carboxylic acids is 1. The Morgan fingerprint density at radius 2 is 1.09 bits per heavy atom. The molecule has 0 radical (unpaired) electrons. The average molecular weight is 1380 g/mol. The Kier molecular flexibility index (Phi) is 28.3. The summed E-state index contributed by atoms with van der Waals surface area (Å²) in [5.41, 5.74) is 8.61. The number of nitrogens with one attached hydrogen (secondary N) is 1. The van der Waals surface area contributed by atoms with Crippen molar-refractivity contribution in [2.45, 2.75) is 144 Å². The molecule has 3 unspecified atom stereocenters. The van der Waals surface area contributed by atoms with E-state index in [0.29, 0.717) is 88.0 Å². The van der Waals surface area contributed by atoms with Crippen LogP contribution >= 0.6 is 15.9 Å². The van der Waals surface area contributed by atoms with Gasteiger partial charge in [-0.15, -0.1) is 0 Å². The van der Waals surface area contributed by atoms with Crippen LogP contribution in [0.4, 0.5) is 27.2 Å². The number of aliphatic carboxylic acids is 1. The van der Waals surface area contributed by atoms with E-state index in [2.05, 4.69) is 43.4 Å². The number of halogens is 5. The minimum Gasteiger partial charge on any atom is -0.478 e. The predicted molar refractivity (Wildman–Crippen MR) is 351 cm³/mol. The van der Waals surface area contributed by atoms with Crippen molar-refractivity contribution in [3.63, 3.8) is 0 Å². The predicted octanol–water partition coefficient (Wildman–Crippen LogP) is 13.0. The van der Waals surface area contributed by atoms with Crippen molar-refractivity contribution in [3.05, 3.63) is 176 Å². The summed E-state index contributed by atoms with van der Waals surface area (Å²) < 4.78 is 83.9. The third-order valence-electron chi connectivity index (χ3n) is 14.6. The molecule has 0 bridgehead atoms. The first-order valence-corrected chi connectivity index (χ1v) is 32.0. The standard InChI is InChI=1S/C22H28FN3O4.C17H20FN3O2.C16H24N2O4.C7H6BrF.C6H6O2.CH3F/c1-6-29-20(27)18-17-13-25(21(28)30-22(3,4)5)11-14(2)19(17)26(24-18)12-15-7-9-16(23)10-8-15;1-3-23-17(22)15-14-9-19-8-11(2)16(14)21(20-15)10-12-4-6-13(18)7-5-12;1-6-21-14(19)13-12-9-18(15(20)22-16(3,4)5)8-10(2)11(12)7-17-13;8-5-6-1-3-7(9)4-2-6;7-6(8)5-3-1-2-4-5;1-2/h7-10,14H,6,11-13H2,1-5H3;4-7,11,19H,3,8-10H2,1-2H3;10H,6-9H2,1-5H3;1-4H,5H2;1-3H,4H2,(H,7,8);1H3/i;;;;;1D. The third kappa shape index (κ3) is 22.1. The van der Waals surface area contributed by atoms with E-state index in [1.165, 1.54) is 36.4 Å². The second-order valence-electron chi connectivity index (χ2n) is 24.3. The third-order valence-corrected chi connectivity index (χ3v) is 15.2. The largest absolute Gasteiger partial charge is 0.478 e. The van der Waals surface area contributed by atoms with Gasteiger partial charge < -0.3 is 43.9 Å². The number of aromatic nitrogens is 4. The van der Waals surface area contributed by atoms with E-state index in [9.17, 15) is 46.3 Å². The number of carbonyl (C=O) groups excluding carboxylic acids is 5. The fraction of sp³-hybridized carbons (Fsp3) is 0.464. The Balaban J connectivity index is 0.000000227. The molecule has 6 heterocycles. The van der Waals surface area contributed by atoms with Crippen LogP contribution < -0.4 is 5.32 Å². The van der Waals surface area contributed by atoms with Gasteiger partial charge in [0.1, 0.15) is 34.4 Å². The smallest absolute Gasteiger partial charge is 0.410 e. The van der Waals surface area contributed by atoms with E-state index >= 15 is 0 Å². The molecular formula is C69H87BrF4N8O12. The van der Waals surface area contributed by atoms with Crippen LogP contribution in [0.15, 0.2) is 113 Å². The molecule has 0 spiro atoms. The summed E-state index contributed by atoms with van der Waals surface area (Å²) in [6.07, 6.45) is 4.98. The number of benzene rings is 3. The lowest BCUT2D eigenvalue weighted by molar-refractivity contribution is -0.135. The second kappa shape index (κ2) is 35.7. The van der Waals surface area contributed by atoms with Crippen molar-refractivity contribution in [2.75, 3.05) is 59.7 Å². The first kappa shape index (κ1) is 74.6. The highest BCUT2D eigenvalue weighted by Gasteiger charge is 2.39. The Bertz CT molecular complexity index is 3560. The van der Waals surface area contributed by atoms with Gasteiger partial charge in [-0.25, -0.2) is 41.9 Å². The maximum atomic E-state index is 13.3. The summed E-state index contributed by atoms with van der Waals surface area (Å²) in [5, 5.41) is 21.4. The molecular weight excluding hydrogens is 1290 g/mol. The van der Waals surface area contributed by atoms with Crippen molar-refractivity contribution >= 4 is 57.7 Å². The number of esters is 3. The number of nitrogens with zero attached hydrogens (tertiary/aromatic N) is 7. The lowest BCUT2D eigenvalue weighted by atomic mass is 9.91. The van der Waals surface area contributed by atoms with Gasteiger partial charge in [-0.1, -0.05) is 91.3 Å². The van der Waals surface area contributed by atoms with Gasteiger partial charge in [-0.2, -0.15) is 10.2 Å². The molecule has 3 atom stereocenters. The summed E-state index contributed by atoms with van der Waals surface area (Å²) in [4.78, 5) is 79.2. The summed E-state index contributed by atoms with van der Waals surface area (Å²) in [6, 6.07) is 18.9. The number of ether oxygens (including phenoxy) is 5. The lowest BCUT2D eigenvalue weighted by Gasteiger charge is -2.34. The van der Waals surface area contributed by atoms with Crippen LogP contribution in [0.2, 0.25) is 0 Å². The van der Waals surface area contributed by atoms with Crippen LogP contribution in [0.25, 0.3) is 0 Å². The number of hydrogen-bond acceptors (Lipinski definition) is 15. The molecule has 0 saturated carbocycles. The molecule has 20 nitrogen and oxygen atoms in total. The van der Waals surface area contributed by atoms with Crippen molar-refractivity contribution in [2.24, 2.45) is 10.9 Å². The molecule has 25 heteroatoms. The van der Waals surface area contributed by atoms with Crippen molar-refractivity contribution < 1.29 is 76.5 Å². The van der Waals surface area contributed by atoms with Crippen LogP contribution in [-0.2, 0) is 64.8 Å². The van der Waals surface area contributed by atoms with E-state index in [0.717, 1.165) is 56.7 Å². The van der Waals surface area contributed by atoms with Crippen molar-refractivity contribution in [3.8, 4) is 0 Å². The molecule has 0 saturated heterocycles. The molecule has 3 aromatic carbocycles. The first-order valence-electron chi connectivity index (χ1n) is 31.5. The number of carbonyl (C=O) groups is 6. The monoisotopic (exact) mass is 1380 g/mol. The molecule has 10 rings (SSSR count). The zero-order chi connectivity index (χ0) is 70.3. The van der Waals surface area contributed by atoms with Gasteiger partial charge in [0.2, 0.25) is 0 Å². The van der Waals surface area contributed by atoms with Crippen LogP contribution in [0.3, 0.4) is 0 Å².